The number of nitro groups is 1. The molecule has 1 atom stereocenters. The first-order valence-electron chi connectivity index (χ1n) is 6.07. The molecule has 1 aliphatic heterocycles. The summed E-state index contributed by atoms with van der Waals surface area (Å²) in [4.78, 5) is 27.6. The van der Waals surface area contributed by atoms with Gasteiger partial charge in [-0.3, -0.25) is 10.1 Å². The van der Waals surface area contributed by atoms with E-state index in [1.807, 2.05) is 4.90 Å². The minimum atomic E-state index is -0.454. The topological polar surface area (TPSA) is 76.3 Å². The van der Waals surface area contributed by atoms with Gasteiger partial charge in [-0.1, -0.05) is 0 Å². The number of aldehydes is 1. The normalized spacial score (nSPS) is 19.3. The summed E-state index contributed by atoms with van der Waals surface area (Å²) in [7, 11) is 0. The zero-order chi connectivity index (χ0) is 14.0. The van der Waals surface area contributed by atoms with Crippen LogP contribution >= 0.6 is 15.9 Å². The third-order valence-electron chi connectivity index (χ3n) is 3.39. The van der Waals surface area contributed by atoms with Crippen molar-refractivity contribution in [3.63, 3.8) is 0 Å². The number of anilines is 1. The van der Waals surface area contributed by atoms with Gasteiger partial charge in [-0.25, -0.2) is 4.98 Å². The summed E-state index contributed by atoms with van der Waals surface area (Å²) < 4.78 is 0.593. The first kappa shape index (κ1) is 13.9. The SMILES string of the molecule is Cc1c([N+](=O)[O-])cnc(N2CCCCC2C=O)c1Br. The average molecular weight is 328 g/mol. The zero-order valence-corrected chi connectivity index (χ0v) is 12.1. The van der Waals surface area contributed by atoms with Crippen LogP contribution in [-0.2, 0) is 4.79 Å². The molecule has 102 valence electrons. The minimum absolute atomic E-state index is 0.0183. The number of rotatable bonds is 3. The molecule has 7 heteroatoms. The van der Waals surface area contributed by atoms with Crippen LogP contribution in [0.4, 0.5) is 11.5 Å². The van der Waals surface area contributed by atoms with Gasteiger partial charge in [0.25, 0.3) is 5.69 Å². The van der Waals surface area contributed by atoms with Crippen molar-refractivity contribution in [2.75, 3.05) is 11.4 Å². The Hall–Kier alpha value is -1.50. The number of pyridine rings is 1. The van der Waals surface area contributed by atoms with Gasteiger partial charge in [-0.05, 0) is 42.1 Å². The van der Waals surface area contributed by atoms with Crippen LogP contribution in [0.3, 0.4) is 0 Å². The molecule has 19 heavy (non-hydrogen) atoms. The molecular weight excluding hydrogens is 314 g/mol. The Bertz CT molecular complexity index is 521. The van der Waals surface area contributed by atoms with Crippen LogP contribution in [0.1, 0.15) is 24.8 Å². The molecule has 1 aromatic rings. The van der Waals surface area contributed by atoms with E-state index in [1.54, 1.807) is 6.92 Å². The lowest BCUT2D eigenvalue weighted by Crippen LogP contribution is -2.41. The molecule has 0 aromatic carbocycles. The van der Waals surface area contributed by atoms with Gasteiger partial charge >= 0.3 is 0 Å². The lowest BCUT2D eigenvalue weighted by molar-refractivity contribution is -0.385. The highest BCUT2D eigenvalue weighted by Crippen LogP contribution is 2.35. The molecular formula is C12H14BrN3O3. The quantitative estimate of drug-likeness (QED) is 0.484. The van der Waals surface area contributed by atoms with Gasteiger partial charge in [0.2, 0.25) is 0 Å². The number of aromatic nitrogens is 1. The molecule has 2 heterocycles. The summed E-state index contributed by atoms with van der Waals surface area (Å²) in [5, 5.41) is 10.9. The van der Waals surface area contributed by atoms with Gasteiger partial charge in [0.15, 0.2) is 0 Å². The molecule has 0 radical (unpaired) electrons. The number of hydrogen-bond donors (Lipinski definition) is 0. The molecule has 0 amide bonds. The third-order valence-corrected chi connectivity index (χ3v) is 4.34. The Labute approximate surface area is 119 Å². The number of halogens is 1. The highest BCUT2D eigenvalue weighted by Gasteiger charge is 2.27. The van der Waals surface area contributed by atoms with Gasteiger partial charge in [-0.2, -0.15) is 0 Å². The minimum Gasteiger partial charge on any atom is -0.346 e. The summed E-state index contributed by atoms with van der Waals surface area (Å²) in [5.41, 5.74) is 0.514. The predicted octanol–water partition coefficient (Wildman–Crippen LogP) is 2.62. The summed E-state index contributed by atoms with van der Waals surface area (Å²) in [6.45, 7) is 2.42. The van der Waals surface area contributed by atoms with Crippen LogP contribution in [0, 0.1) is 17.0 Å². The maximum absolute atomic E-state index is 11.1. The Morgan fingerprint density at radius 3 is 2.95 bits per heavy atom. The molecule has 0 bridgehead atoms. The molecule has 6 nitrogen and oxygen atoms in total. The van der Waals surface area contributed by atoms with Crippen molar-refractivity contribution >= 4 is 33.7 Å². The van der Waals surface area contributed by atoms with Crippen LogP contribution in [-0.4, -0.2) is 28.8 Å². The summed E-state index contributed by atoms with van der Waals surface area (Å²) in [6, 6.07) is -0.196. The van der Waals surface area contributed by atoms with Gasteiger partial charge in [0.1, 0.15) is 18.3 Å². The second-order valence-electron chi connectivity index (χ2n) is 4.56. The van der Waals surface area contributed by atoms with E-state index in [1.165, 1.54) is 6.20 Å². The fourth-order valence-electron chi connectivity index (χ4n) is 2.30. The van der Waals surface area contributed by atoms with E-state index in [9.17, 15) is 14.9 Å². The summed E-state index contributed by atoms with van der Waals surface area (Å²) >= 11 is 3.37. The molecule has 0 spiro atoms. The Balaban J connectivity index is 2.42. The summed E-state index contributed by atoms with van der Waals surface area (Å²) in [6.07, 6.45) is 4.99. The number of piperidine rings is 1. The van der Waals surface area contributed by atoms with Crippen molar-refractivity contribution in [1.29, 1.82) is 0 Å². The van der Waals surface area contributed by atoms with Crippen molar-refractivity contribution in [3.05, 3.63) is 26.3 Å². The largest absolute Gasteiger partial charge is 0.346 e. The van der Waals surface area contributed by atoms with Crippen molar-refractivity contribution in [2.45, 2.75) is 32.2 Å². The predicted molar refractivity (Wildman–Crippen MR) is 74.4 cm³/mol. The van der Waals surface area contributed by atoms with Crippen molar-refractivity contribution in [3.8, 4) is 0 Å². The Morgan fingerprint density at radius 1 is 1.58 bits per heavy atom. The van der Waals surface area contributed by atoms with Gasteiger partial charge < -0.3 is 9.69 Å². The average Bonchev–Trinajstić information content (AvgIpc) is 2.41. The highest BCUT2D eigenvalue weighted by molar-refractivity contribution is 9.10. The summed E-state index contributed by atoms with van der Waals surface area (Å²) in [5.74, 6) is 0.611. The van der Waals surface area contributed by atoms with Crippen LogP contribution in [0.25, 0.3) is 0 Å². The number of carbonyl (C=O) groups excluding carboxylic acids is 1. The van der Waals surface area contributed by atoms with Crippen LogP contribution in [0.15, 0.2) is 10.7 Å². The van der Waals surface area contributed by atoms with E-state index in [2.05, 4.69) is 20.9 Å². The third kappa shape index (κ3) is 2.60. The van der Waals surface area contributed by atoms with E-state index in [4.69, 9.17) is 0 Å². The van der Waals surface area contributed by atoms with Gasteiger partial charge in [0.05, 0.1) is 15.4 Å². The molecule has 1 saturated heterocycles. The smallest absolute Gasteiger partial charge is 0.291 e. The lowest BCUT2D eigenvalue weighted by Gasteiger charge is -2.34. The van der Waals surface area contributed by atoms with E-state index < -0.39 is 4.92 Å². The Morgan fingerprint density at radius 2 is 2.32 bits per heavy atom. The van der Waals surface area contributed by atoms with Crippen molar-refractivity contribution in [1.82, 2.24) is 4.98 Å². The monoisotopic (exact) mass is 327 g/mol. The first-order valence-corrected chi connectivity index (χ1v) is 6.87. The number of carbonyl (C=O) groups is 1. The van der Waals surface area contributed by atoms with Crippen LogP contribution < -0.4 is 4.90 Å². The molecule has 0 N–H and O–H groups in total. The molecule has 1 fully saturated rings. The van der Waals surface area contributed by atoms with Crippen LogP contribution in [0.5, 0.6) is 0 Å². The fourth-order valence-corrected chi connectivity index (χ4v) is 2.84. The molecule has 1 unspecified atom stereocenters. The Kier molecular flexibility index (Phi) is 4.14. The maximum atomic E-state index is 11.1. The second-order valence-corrected chi connectivity index (χ2v) is 5.35. The fraction of sp³-hybridized carbons (Fsp3) is 0.500. The van der Waals surface area contributed by atoms with E-state index >= 15 is 0 Å². The van der Waals surface area contributed by atoms with Gasteiger partial charge in [0, 0.05) is 12.1 Å². The molecule has 2 rings (SSSR count). The molecule has 0 saturated carbocycles. The second kappa shape index (κ2) is 5.64. The maximum Gasteiger partial charge on any atom is 0.291 e. The molecule has 0 aliphatic carbocycles. The van der Waals surface area contributed by atoms with Gasteiger partial charge in [-0.15, -0.1) is 0 Å². The standard InChI is InChI=1S/C12H14BrN3O3/c1-8-10(16(18)19)6-14-12(11(8)13)15-5-3-2-4-9(15)7-17/h6-7,9H,2-5H2,1H3. The molecule has 1 aliphatic rings. The molecule has 1 aromatic heterocycles. The van der Waals surface area contributed by atoms with Crippen molar-refractivity contribution < 1.29 is 9.72 Å². The van der Waals surface area contributed by atoms with Crippen molar-refractivity contribution in [2.24, 2.45) is 0 Å². The van der Waals surface area contributed by atoms with Crippen LogP contribution in [0.2, 0.25) is 0 Å². The van der Waals surface area contributed by atoms with E-state index in [0.29, 0.717) is 15.9 Å². The lowest BCUT2D eigenvalue weighted by atomic mass is 10.0. The van der Waals surface area contributed by atoms with E-state index in [0.717, 1.165) is 32.1 Å². The number of nitrogens with zero attached hydrogens (tertiary/aromatic N) is 3. The van der Waals surface area contributed by atoms with E-state index in [-0.39, 0.29) is 11.7 Å². The zero-order valence-electron chi connectivity index (χ0n) is 10.5. The first-order chi connectivity index (χ1) is 9.06. The number of hydrogen-bond acceptors (Lipinski definition) is 5. The highest BCUT2D eigenvalue weighted by atomic mass is 79.9.